The third-order valence-electron chi connectivity index (χ3n) is 4.43. The zero-order chi connectivity index (χ0) is 13.9. The second-order valence-electron chi connectivity index (χ2n) is 5.61. The lowest BCUT2D eigenvalue weighted by atomic mass is 9.72. The molecule has 20 heavy (non-hydrogen) atoms. The third kappa shape index (κ3) is 2.20. The number of allylic oxidation sites excluding steroid dienone is 7. The summed E-state index contributed by atoms with van der Waals surface area (Å²) in [7, 11) is 0. The van der Waals surface area contributed by atoms with Gasteiger partial charge in [-0.05, 0) is 53.5 Å². The lowest BCUT2D eigenvalue weighted by molar-refractivity contribution is 0.713. The van der Waals surface area contributed by atoms with Gasteiger partial charge in [-0.2, -0.15) is 0 Å². The van der Waals surface area contributed by atoms with Gasteiger partial charge in [-0.1, -0.05) is 62.1 Å². The Labute approximate surface area is 122 Å². The molecule has 0 spiro atoms. The lowest BCUT2D eigenvalue weighted by Crippen LogP contribution is -2.18. The van der Waals surface area contributed by atoms with Crippen LogP contribution >= 0.6 is 0 Å². The Morgan fingerprint density at radius 1 is 1.35 bits per heavy atom. The largest absolute Gasteiger partial charge is 0.0988 e. The molecule has 0 saturated carbocycles. The summed E-state index contributed by atoms with van der Waals surface area (Å²) in [6.45, 7) is 6.23. The van der Waals surface area contributed by atoms with E-state index < -0.39 is 0 Å². The van der Waals surface area contributed by atoms with E-state index in [-0.39, 0.29) is 0 Å². The van der Waals surface area contributed by atoms with E-state index in [4.69, 9.17) is 0 Å². The summed E-state index contributed by atoms with van der Waals surface area (Å²) in [5.74, 6) is 0.494. The molecule has 0 aliphatic heterocycles. The molecule has 0 heteroatoms. The highest BCUT2D eigenvalue weighted by molar-refractivity contribution is 5.77. The molecule has 0 N–H and O–H groups in total. The Morgan fingerprint density at radius 2 is 2.20 bits per heavy atom. The fourth-order valence-electron chi connectivity index (χ4n) is 3.52. The van der Waals surface area contributed by atoms with Crippen LogP contribution in [0.15, 0.2) is 66.3 Å². The van der Waals surface area contributed by atoms with Crippen molar-refractivity contribution in [2.75, 3.05) is 0 Å². The summed E-state index contributed by atoms with van der Waals surface area (Å²) in [6, 6.07) is 8.91. The summed E-state index contributed by atoms with van der Waals surface area (Å²) < 4.78 is 0. The summed E-state index contributed by atoms with van der Waals surface area (Å²) in [6.07, 6.45) is 13.6. The molecule has 2 aliphatic rings. The molecule has 2 aliphatic carbocycles. The minimum Gasteiger partial charge on any atom is -0.0988 e. The quantitative estimate of drug-likeness (QED) is 0.632. The molecule has 0 heterocycles. The first-order chi connectivity index (χ1) is 9.85. The van der Waals surface area contributed by atoms with Crippen LogP contribution in [0.5, 0.6) is 0 Å². The van der Waals surface area contributed by atoms with Crippen LogP contribution in [0.2, 0.25) is 0 Å². The Kier molecular flexibility index (Phi) is 3.73. The van der Waals surface area contributed by atoms with E-state index in [1.165, 1.54) is 35.1 Å². The molecule has 0 fully saturated rings. The number of fused-ring (bicyclic) bond motifs is 2. The first kappa shape index (κ1) is 13.2. The number of hydrogen-bond acceptors (Lipinski definition) is 0. The molecule has 0 bridgehead atoms. The second-order valence-corrected chi connectivity index (χ2v) is 5.61. The summed E-state index contributed by atoms with van der Waals surface area (Å²) in [5, 5.41) is 0. The van der Waals surface area contributed by atoms with Crippen LogP contribution in [0.25, 0.3) is 5.57 Å². The van der Waals surface area contributed by atoms with E-state index in [1.54, 1.807) is 5.57 Å². The van der Waals surface area contributed by atoms with Gasteiger partial charge in [0, 0.05) is 5.92 Å². The van der Waals surface area contributed by atoms with Gasteiger partial charge >= 0.3 is 0 Å². The van der Waals surface area contributed by atoms with Crippen LogP contribution in [0.4, 0.5) is 0 Å². The minimum atomic E-state index is 0.494. The molecule has 3 rings (SSSR count). The number of hydrogen-bond donors (Lipinski definition) is 0. The van der Waals surface area contributed by atoms with Crippen molar-refractivity contribution in [1.82, 2.24) is 0 Å². The van der Waals surface area contributed by atoms with Crippen LogP contribution in [-0.2, 0) is 6.42 Å². The smallest absolute Gasteiger partial charge is 0.0129 e. The lowest BCUT2D eigenvalue weighted by Gasteiger charge is -2.32. The predicted molar refractivity (Wildman–Crippen MR) is 87.5 cm³/mol. The summed E-state index contributed by atoms with van der Waals surface area (Å²) >= 11 is 0. The van der Waals surface area contributed by atoms with Gasteiger partial charge in [-0.3, -0.25) is 0 Å². The van der Waals surface area contributed by atoms with Crippen molar-refractivity contribution in [3.63, 3.8) is 0 Å². The van der Waals surface area contributed by atoms with Gasteiger partial charge in [0.15, 0.2) is 0 Å². The SMILES string of the molecule is C=C/C(=C\CC)C1Cc2ccccc2C2=C1C=CCC2. The van der Waals surface area contributed by atoms with Crippen molar-refractivity contribution in [1.29, 1.82) is 0 Å². The van der Waals surface area contributed by atoms with Crippen molar-refractivity contribution >= 4 is 5.57 Å². The van der Waals surface area contributed by atoms with Crippen molar-refractivity contribution in [3.05, 3.63) is 77.4 Å². The molecule has 0 amide bonds. The zero-order valence-corrected chi connectivity index (χ0v) is 12.2. The Balaban J connectivity index is 2.13. The average Bonchev–Trinajstić information content (AvgIpc) is 2.52. The van der Waals surface area contributed by atoms with E-state index in [0.29, 0.717) is 5.92 Å². The van der Waals surface area contributed by atoms with Crippen LogP contribution in [0.3, 0.4) is 0 Å². The normalized spacial score (nSPS) is 21.4. The van der Waals surface area contributed by atoms with Gasteiger partial charge < -0.3 is 0 Å². The Hall–Kier alpha value is -1.82. The molecular formula is C20H22. The van der Waals surface area contributed by atoms with Crippen molar-refractivity contribution < 1.29 is 0 Å². The molecular weight excluding hydrogens is 240 g/mol. The van der Waals surface area contributed by atoms with Crippen LogP contribution in [-0.4, -0.2) is 0 Å². The van der Waals surface area contributed by atoms with Crippen molar-refractivity contribution in [3.8, 4) is 0 Å². The maximum atomic E-state index is 4.03. The van der Waals surface area contributed by atoms with Gasteiger partial charge in [0.1, 0.15) is 0 Å². The maximum absolute atomic E-state index is 4.03. The molecule has 1 atom stereocenters. The van der Waals surface area contributed by atoms with E-state index in [2.05, 4.69) is 62.1 Å². The average molecular weight is 262 g/mol. The van der Waals surface area contributed by atoms with Crippen LogP contribution in [0, 0.1) is 5.92 Å². The highest BCUT2D eigenvalue weighted by Gasteiger charge is 2.27. The second kappa shape index (κ2) is 5.66. The summed E-state index contributed by atoms with van der Waals surface area (Å²) in [4.78, 5) is 0. The fourth-order valence-corrected chi connectivity index (χ4v) is 3.52. The predicted octanol–water partition coefficient (Wildman–Crippen LogP) is 5.48. The Morgan fingerprint density at radius 3 is 3.00 bits per heavy atom. The van der Waals surface area contributed by atoms with Gasteiger partial charge in [0.05, 0.1) is 0 Å². The standard InChI is InChI=1S/C20H22/c1-3-9-15(4-2)20-14-16-10-5-6-11-17(16)18-12-7-8-13-19(18)20/h4-6,8-11,13,20H,2-3,7,12,14H2,1H3/b15-9+. The van der Waals surface area contributed by atoms with Crippen molar-refractivity contribution in [2.24, 2.45) is 5.92 Å². The first-order valence-electron chi connectivity index (χ1n) is 7.65. The highest BCUT2D eigenvalue weighted by Crippen LogP contribution is 2.43. The van der Waals surface area contributed by atoms with E-state index in [9.17, 15) is 0 Å². The zero-order valence-electron chi connectivity index (χ0n) is 12.2. The molecule has 0 aromatic heterocycles. The summed E-state index contributed by atoms with van der Waals surface area (Å²) in [5.41, 5.74) is 7.44. The van der Waals surface area contributed by atoms with E-state index in [1.807, 2.05) is 0 Å². The molecule has 0 radical (unpaired) electrons. The topological polar surface area (TPSA) is 0 Å². The van der Waals surface area contributed by atoms with Crippen LogP contribution in [0.1, 0.15) is 37.3 Å². The van der Waals surface area contributed by atoms with Gasteiger partial charge in [-0.25, -0.2) is 0 Å². The molecule has 1 unspecified atom stereocenters. The van der Waals surface area contributed by atoms with Gasteiger partial charge in [0.25, 0.3) is 0 Å². The molecule has 102 valence electrons. The molecule has 0 nitrogen and oxygen atoms in total. The maximum Gasteiger partial charge on any atom is 0.0129 e. The third-order valence-corrected chi connectivity index (χ3v) is 4.43. The van der Waals surface area contributed by atoms with Crippen LogP contribution < -0.4 is 0 Å². The monoisotopic (exact) mass is 262 g/mol. The van der Waals surface area contributed by atoms with E-state index >= 15 is 0 Å². The molecule has 0 saturated heterocycles. The first-order valence-corrected chi connectivity index (χ1v) is 7.65. The number of benzene rings is 1. The van der Waals surface area contributed by atoms with Gasteiger partial charge in [0.2, 0.25) is 0 Å². The highest BCUT2D eigenvalue weighted by atomic mass is 14.3. The van der Waals surface area contributed by atoms with Gasteiger partial charge in [-0.15, -0.1) is 0 Å². The fraction of sp³-hybridized carbons (Fsp3) is 0.300. The molecule has 1 aromatic rings. The minimum absolute atomic E-state index is 0.494. The Bertz CT molecular complexity index is 611. The number of rotatable bonds is 3. The van der Waals surface area contributed by atoms with E-state index in [0.717, 1.165) is 12.8 Å². The molecule has 1 aromatic carbocycles. The van der Waals surface area contributed by atoms with Crippen molar-refractivity contribution in [2.45, 2.75) is 32.6 Å².